The second-order valence-electron chi connectivity index (χ2n) is 9.23. The summed E-state index contributed by atoms with van der Waals surface area (Å²) >= 11 is 0. The summed E-state index contributed by atoms with van der Waals surface area (Å²) < 4.78 is 6.00. The first-order valence-corrected chi connectivity index (χ1v) is 12.5. The van der Waals surface area contributed by atoms with E-state index in [9.17, 15) is 0 Å². The summed E-state index contributed by atoms with van der Waals surface area (Å²) in [6, 6.07) is 16.6. The number of aromatic nitrogens is 4. The van der Waals surface area contributed by atoms with E-state index >= 15 is 0 Å². The largest absolute Gasteiger partial charge is 0.494 e. The van der Waals surface area contributed by atoms with Gasteiger partial charge in [-0.15, -0.1) is 0 Å². The number of piperidine rings is 1. The molecule has 6 rings (SSSR count). The molecule has 0 saturated carbocycles. The van der Waals surface area contributed by atoms with Crippen LogP contribution in [0.25, 0.3) is 44.3 Å². The van der Waals surface area contributed by atoms with Crippen LogP contribution in [0.4, 0.5) is 0 Å². The molecule has 0 amide bonds. The van der Waals surface area contributed by atoms with Gasteiger partial charge in [-0.25, -0.2) is 4.98 Å². The van der Waals surface area contributed by atoms with Gasteiger partial charge in [0.05, 0.1) is 24.0 Å². The van der Waals surface area contributed by atoms with Crippen LogP contribution in [0.5, 0.6) is 5.75 Å². The van der Waals surface area contributed by atoms with E-state index in [4.69, 9.17) is 9.72 Å². The number of nitrogens with one attached hydrogen (secondary N) is 1. The second kappa shape index (κ2) is 9.84. The molecular weight excluding hydrogens is 434 g/mol. The van der Waals surface area contributed by atoms with E-state index in [0.717, 1.165) is 69.6 Å². The fourth-order valence-electron chi connectivity index (χ4n) is 4.91. The van der Waals surface area contributed by atoms with Crippen LogP contribution in [0.3, 0.4) is 0 Å². The third-order valence-electron chi connectivity index (χ3n) is 6.82. The number of rotatable bonds is 7. The number of H-pyrrole nitrogens is 1. The van der Waals surface area contributed by atoms with E-state index in [1.54, 1.807) is 6.20 Å². The van der Waals surface area contributed by atoms with E-state index in [1.807, 2.05) is 30.7 Å². The molecule has 1 fully saturated rings. The first-order chi connectivity index (χ1) is 17.3. The van der Waals surface area contributed by atoms with Crippen molar-refractivity contribution in [1.82, 2.24) is 24.8 Å². The van der Waals surface area contributed by atoms with E-state index < -0.39 is 0 Å². The molecule has 1 saturated heterocycles. The summed E-state index contributed by atoms with van der Waals surface area (Å²) in [6.07, 6.45) is 12.5. The molecule has 1 N–H and O–H groups in total. The summed E-state index contributed by atoms with van der Waals surface area (Å²) in [7, 11) is 0. The van der Waals surface area contributed by atoms with Crippen LogP contribution >= 0.6 is 0 Å². The van der Waals surface area contributed by atoms with E-state index in [-0.39, 0.29) is 0 Å². The summed E-state index contributed by atoms with van der Waals surface area (Å²) in [5, 5.41) is 2.19. The molecule has 4 aromatic heterocycles. The van der Waals surface area contributed by atoms with Gasteiger partial charge in [0.2, 0.25) is 0 Å². The summed E-state index contributed by atoms with van der Waals surface area (Å²) in [5.41, 5.74) is 5.94. The minimum absolute atomic E-state index is 0.756. The quantitative estimate of drug-likeness (QED) is 0.296. The molecule has 0 aliphatic carbocycles. The number of pyridine rings is 3. The summed E-state index contributed by atoms with van der Waals surface area (Å²) in [4.78, 5) is 19.5. The van der Waals surface area contributed by atoms with Gasteiger partial charge in [0, 0.05) is 47.0 Å². The van der Waals surface area contributed by atoms with Crippen LogP contribution in [0.2, 0.25) is 0 Å². The lowest BCUT2D eigenvalue weighted by Gasteiger charge is -2.26. The van der Waals surface area contributed by atoms with Gasteiger partial charge >= 0.3 is 0 Å². The Morgan fingerprint density at radius 1 is 0.829 bits per heavy atom. The van der Waals surface area contributed by atoms with Crippen LogP contribution in [-0.4, -0.2) is 51.1 Å². The Morgan fingerprint density at radius 2 is 1.71 bits per heavy atom. The molecule has 6 nitrogen and oxygen atoms in total. The van der Waals surface area contributed by atoms with Crippen molar-refractivity contribution in [2.45, 2.75) is 25.7 Å². The van der Waals surface area contributed by atoms with Gasteiger partial charge in [-0.05, 0) is 74.3 Å². The first kappa shape index (κ1) is 21.7. The van der Waals surface area contributed by atoms with Gasteiger partial charge in [0.15, 0.2) is 0 Å². The van der Waals surface area contributed by atoms with Crippen molar-refractivity contribution in [3.63, 3.8) is 0 Å². The maximum absolute atomic E-state index is 6.00. The third kappa shape index (κ3) is 4.75. The smallest absolute Gasteiger partial charge is 0.138 e. The summed E-state index contributed by atoms with van der Waals surface area (Å²) in [5.74, 6) is 0.917. The number of ether oxygens (including phenoxy) is 1. The highest BCUT2D eigenvalue weighted by atomic mass is 16.5. The third-order valence-corrected chi connectivity index (χ3v) is 6.82. The Balaban J connectivity index is 1.18. The predicted molar refractivity (Wildman–Crippen MR) is 140 cm³/mol. The number of likely N-dealkylation sites (tertiary alicyclic amines) is 1. The monoisotopic (exact) mass is 463 g/mol. The fraction of sp³-hybridized carbons (Fsp3) is 0.276. The van der Waals surface area contributed by atoms with Gasteiger partial charge in [-0.3, -0.25) is 9.97 Å². The van der Waals surface area contributed by atoms with Crippen molar-refractivity contribution in [2.24, 2.45) is 0 Å². The van der Waals surface area contributed by atoms with Crippen LogP contribution in [0.15, 0.2) is 73.3 Å². The van der Waals surface area contributed by atoms with Crippen molar-refractivity contribution in [3.05, 3.63) is 73.3 Å². The van der Waals surface area contributed by atoms with Gasteiger partial charge in [0.25, 0.3) is 0 Å². The minimum atomic E-state index is 0.756. The molecule has 0 atom stereocenters. The zero-order valence-corrected chi connectivity index (χ0v) is 19.8. The number of nitrogens with zero attached hydrogens (tertiary/aromatic N) is 4. The Morgan fingerprint density at radius 3 is 2.54 bits per heavy atom. The van der Waals surface area contributed by atoms with Gasteiger partial charge in [-0.1, -0.05) is 18.6 Å². The molecule has 1 aromatic carbocycles. The Labute approximate surface area is 205 Å². The summed E-state index contributed by atoms with van der Waals surface area (Å²) in [6.45, 7) is 4.37. The van der Waals surface area contributed by atoms with Crippen molar-refractivity contribution in [1.29, 1.82) is 0 Å². The van der Waals surface area contributed by atoms with Crippen LogP contribution in [0.1, 0.15) is 25.7 Å². The number of benzene rings is 1. The Kier molecular flexibility index (Phi) is 6.11. The zero-order chi connectivity index (χ0) is 23.5. The topological polar surface area (TPSA) is 66.9 Å². The second-order valence-corrected chi connectivity index (χ2v) is 9.23. The van der Waals surface area contributed by atoms with Crippen molar-refractivity contribution >= 4 is 21.9 Å². The molecular formula is C29H29N5O. The molecule has 176 valence electrons. The predicted octanol–water partition coefficient (Wildman–Crippen LogP) is 6.09. The number of hydrogen-bond donors (Lipinski definition) is 1. The van der Waals surface area contributed by atoms with Gasteiger partial charge < -0.3 is 14.6 Å². The molecule has 5 heterocycles. The lowest BCUT2D eigenvalue weighted by Crippen LogP contribution is -2.31. The van der Waals surface area contributed by atoms with E-state index in [2.05, 4.69) is 56.3 Å². The van der Waals surface area contributed by atoms with E-state index in [1.165, 1.54) is 32.4 Å². The zero-order valence-electron chi connectivity index (χ0n) is 19.8. The standard InChI is InChI=1S/C29H29N5O/c1-2-12-34(13-3-1)14-5-15-35-24-9-7-21(8-10-24)23-16-26-25-17-27(22-6-4-11-30-18-22)31-20-28(25)33-29(26)32-19-23/h4,6-11,16-20H,1-3,5,12-15H2,(H,32,33). The Hall–Kier alpha value is -3.77. The average Bonchev–Trinajstić information content (AvgIpc) is 3.30. The lowest BCUT2D eigenvalue weighted by atomic mass is 10.1. The van der Waals surface area contributed by atoms with Gasteiger partial charge in [0.1, 0.15) is 11.4 Å². The Bertz CT molecular complexity index is 1420. The van der Waals surface area contributed by atoms with E-state index in [0.29, 0.717) is 0 Å². The van der Waals surface area contributed by atoms with Crippen LogP contribution in [-0.2, 0) is 0 Å². The highest BCUT2D eigenvalue weighted by molar-refractivity contribution is 6.07. The molecule has 0 spiro atoms. The highest BCUT2D eigenvalue weighted by Crippen LogP contribution is 2.31. The van der Waals surface area contributed by atoms with Crippen molar-refractivity contribution < 1.29 is 4.74 Å². The van der Waals surface area contributed by atoms with Crippen LogP contribution in [0, 0.1) is 0 Å². The molecule has 0 unspecified atom stereocenters. The first-order valence-electron chi connectivity index (χ1n) is 12.5. The molecule has 35 heavy (non-hydrogen) atoms. The molecule has 5 aromatic rings. The molecule has 0 radical (unpaired) electrons. The van der Waals surface area contributed by atoms with Crippen LogP contribution < -0.4 is 4.74 Å². The molecule has 1 aliphatic heterocycles. The number of aromatic amines is 1. The normalized spacial score (nSPS) is 14.5. The molecule has 1 aliphatic rings. The van der Waals surface area contributed by atoms with Gasteiger partial charge in [-0.2, -0.15) is 0 Å². The van der Waals surface area contributed by atoms with Crippen molar-refractivity contribution in [2.75, 3.05) is 26.2 Å². The average molecular weight is 464 g/mol. The highest BCUT2D eigenvalue weighted by Gasteiger charge is 2.11. The number of hydrogen-bond acceptors (Lipinski definition) is 5. The maximum Gasteiger partial charge on any atom is 0.138 e. The maximum atomic E-state index is 6.00. The molecule has 6 heteroatoms. The SMILES string of the molecule is c1cncc(-c2cc3c(cn2)[nH]c2ncc(-c4ccc(OCCCN5CCCCC5)cc4)cc23)c1. The fourth-order valence-corrected chi connectivity index (χ4v) is 4.91. The number of fused-ring (bicyclic) bond motifs is 3. The molecule has 0 bridgehead atoms. The minimum Gasteiger partial charge on any atom is -0.494 e. The lowest BCUT2D eigenvalue weighted by molar-refractivity contribution is 0.205. The van der Waals surface area contributed by atoms with Crippen molar-refractivity contribution in [3.8, 4) is 28.1 Å².